The molecule has 0 radical (unpaired) electrons. The number of para-hydroxylation sites is 1. The van der Waals surface area contributed by atoms with Crippen molar-refractivity contribution in [3.8, 4) is 0 Å². The van der Waals surface area contributed by atoms with E-state index in [0.717, 1.165) is 0 Å². The highest BCUT2D eigenvalue weighted by Gasteiger charge is 2.24. The monoisotopic (exact) mass is 419 g/mol. The summed E-state index contributed by atoms with van der Waals surface area (Å²) in [7, 11) is -3.62. The zero-order chi connectivity index (χ0) is 21.6. The molecule has 0 spiro atoms. The van der Waals surface area contributed by atoms with Crippen LogP contribution in [0, 0.1) is 17.0 Å². The second-order valence-electron chi connectivity index (χ2n) is 6.61. The van der Waals surface area contributed by atoms with Gasteiger partial charge in [-0.1, -0.05) is 26.0 Å². The molecule has 9 heteroatoms. The molecule has 29 heavy (non-hydrogen) atoms. The minimum atomic E-state index is -3.62. The third kappa shape index (κ3) is 5.18. The van der Waals surface area contributed by atoms with E-state index < -0.39 is 20.9 Å². The van der Waals surface area contributed by atoms with E-state index in [2.05, 4.69) is 5.32 Å². The minimum Gasteiger partial charge on any atom is -0.322 e. The van der Waals surface area contributed by atoms with Gasteiger partial charge in [0.25, 0.3) is 11.6 Å². The van der Waals surface area contributed by atoms with E-state index in [0.29, 0.717) is 37.2 Å². The largest absolute Gasteiger partial charge is 0.322 e. The summed E-state index contributed by atoms with van der Waals surface area (Å²) in [5, 5.41) is 13.9. The minimum absolute atomic E-state index is 0.0521. The lowest BCUT2D eigenvalue weighted by atomic mass is 10.1. The topological polar surface area (TPSA) is 110 Å². The van der Waals surface area contributed by atoms with Gasteiger partial charge in [-0.15, -0.1) is 0 Å². The number of hydrogen-bond acceptors (Lipinski definition) is 5. The highest BCUT2D eigenvalue weighted by molar-refractivity contribution is 7.89. The number of nitrogens with one attached hydrogen (secondary N) is 1. The Morgan fingerprint density at radius 3 is 2.17 bits per heavy atom. The van der Waals surface area contributed by atoms with Crippen LogP contribution in [0.5, 0.6) is 0 Å². The molecular weight excluding hydrogens is 394 g/mol. The first-order chi connectivity index (χ1) is 13.7. The van der Waals surface area contributed by atoms with Crippen molar-refractivity contribution in [2.75, 3.05) is 18.4 Å². The lowest BCUT2D eigenvalue weighted by molar-refractivity contribution is -0.385. The number of hydrogen-bond donors (Lipinski definition) is 1. The maximum Gasteiger partial charge on any atom is 0.285 e. The first kappa shape index (κ1) is 22.5. The number of sulfonamides is 1. The van der Waals surface area contributed by atoms with E-state index in [1.807, 2.05) is 13.8 Å². The van der Waals surface area contributed by atoms with Crippen LogP contribution in [0.15, 0.2) is 47.4 Å². The van der Waals surface area contributed by atoms with Crippen molar-refractivity contribution in [2.45, 2.75) is 38.5 Å². The van der Waals surface area contributed by atoms with E-state index in [1.54, 1.807) is 19.1 Å². The summed E-state index contributed by atoms with van der Waals surface area (Å²) in [5.41, 5.74) is 0.432. The molecule has 0 aliphatic carbocycles. The SMILES string of the molecule is CCCN(CCC)S(=O)(=O)c1ccc(NC(=O)c2cccc(C)c2[N+](=O)[O-])cc1. The Morgan fingerprint density at radius 2 is 1.66 bits per heavy atom. The Labute approximate surface area is 170 Å². The van der Waals surface area contributed by atoms with Gasteiger partial charge in [-0.05, 0) is 50.1 Å². The molecule has 8 nitrogen and oxygen atoms in total. The normalized spacial score (nSPS) is 11.4. The highest BCUT2D eigenvalue weighted by Crippen LogP contribution is 2.25. The van der Waals surface area contributed by atoms with Crippen LogP contribution in [-0.4, -0.2) is 36.6 Å². The van der Waals surface area contributed by atoms with Gasteiger partial charge in [-0.3, -0.25) is 14.9 Å². The van der Waals surface area contributed by atoms with Gasteiger partial charge in [0.15, 0.2) is 0 Å². The van der Waals surface area contributed by atoms with E-state index in [-0.39, 0.29) is 16.1 Å². The number of nitro groups is 1. The maximum absolute atomic E-state index is 12.8. The molecule has 156 valence electrons. The van der Waals surface area contributed by atoms with Crippen molar-refractivity contribution in [1.82, 2.24) is 4.31 Å². The molecule has 1 N–H and O–H groups in total. The fourth-order valence-electron chi connectivity index (χ4n) is 2.99. The number of carbonyl (C=O) groups is 1. The van der Waals surface area contributed by atoms with Crippen LogP contribution in [-0.2, 0) is 10.0 Å². The number of benzene rings is 2. The smallest absolute Gasteiger partial charge is 0.285 e. The number of amides is 1. The van der Waals surface area contributed by atoms with Gasteiger partial charge in [-0.25, -0.2) is 8.42 Å². The van der Waals surface area contributed by atoms with Crippen LogP contribution in [0.1, 0.15) is 42.6 Å². The summed E-state index contributed by atoms with van der Waals surface area (Å²) in [4.78, 5) is 23.3. The molecule has 0 atom stereocenters. The number of carbonyl (C=O) groups excluding carboxylic acids is 1. The van der Waals surface area contributed by atoms with E-state index in [9.17, 15) is 23.3 Å². The average molecular weight is 420 g/mol. The Hall–Kier alpha value is -2.78. The zero-order valence-electron chi connectivity index (χ0n) is 16.7. The van der Waals surface area contributed by atoms with Crippen LogP contribution in [0.4, 0.5) is 11.4 Å². The van der Waals surface area contributed by atoms with Crippen molar-refractivity contribution >= 4 is 27.3 Å². The first-order valence-corrected chi connectivity index (χ1v) is 10.8. The second kappa shape index (κ2) is 9.62. The summed E-state index contributed by atoms with van der Waals surface area (Å²) in [6.07, 6.45) is 1.42. The summed E-state index contributed by atoms with van der Waals surface area (Å²) in [5.74, 6) is -0.630. The quantitative estimate of drug-likeness (QED) is 0.488. The van der Waals surface area contributed by atoms with Crippen LogP contribution >= 0.6 is 0 Å². The van der Waals surface area contributed by atoms with Crippen LogP contribution < -0.4 is 5.32 Å². The molecule has 0 aliphatic rings. The van der Waals surface area contributed by atoms with E-state index >= 15 is 0 Å². The average Bonchev–Trinajstić information content (AvgIpc) is 2.67. The van der Waals surface area contributed by atoms with Gasteiger partial charge in [0.1, 0.15) is 5.56 Å². The molecule has 0 aliphatic heterocycles. The van der Waals surface area contributed by atoms with Gasteiger partial charge in [0, 0.05) is 24.3 Å². The molecule has 2 aromatic rings. The Balaban J connectivity index is 2.25. The fraction of sp³-hybridized carbons (Fsp3) is 0.350. The Kier molecular flexibility index (Phi) is 7.46. The van der Waals surface area contributed by atoms with Crippen molar-refractivity contribution in [1.29, 1.82) is 0 Å². The molecule has 0 unspecified atom stereocenters. The molecule has 0 bridgehead atoms. The lowest BCUT2D eigenvalue weighted by Gasteiger charge is -2.21. The summed E-state index contributed by atoms with van der Waals surface area (Å²) in [6.45, 7) is 6.27. The molecule has 0 saturated heterocycles. The molecule has 0 fully saturated rings. The highest BCUT2D eigenvalue weighted by atomic mass is 32.2. The lowest BCUT2D eigenvalue weighted by Crippen LogP contribution is -2.32. The predicted octanol–water partition coefficient (Wildman–Crippen LogP) is 3.97. The van der Waals surface area contributed by atoms with Gasteiger partial charge in [-0.2, -0.15) is 4.31 Å². The standard InChI is InChI=1S/C20H25N3O5S/c1-4-13-22(14-5-2)29(27,28)17-11-9-16(10-12-17)21-20(24)18-8-6-7-15(3)19(18)23(25)26/h6-12H,4-5,13-14H2,1-3H3,(H,21,24). The molecule has 0 heterocycles. The maximum atomic E-state index is 12.8. The van der Waals surface area contributed by atoms with Gasteiger partial charge in [0.2, 0.25) is 10.0 Å². The van der Waals surface area contributed by atoms with Crippen molar-refractivity contribution in [2.24, 2.45) is 0 Å². The number of rotatable bonds is 9. The van der Waals surface area contributed by atoms with Crippen molar-refractivity contribution < 1.29 is 18.1 Å². The molecule has 2 rings (SSSR count). The zero-order valence-corrected chi connectivity index (χ0v) is 17.5. The fourth-order valence-corrected chi connectivity index (χ4v) is 4.62. The molecular formula is C20H25N3O5S. The van der Waals surface area contributed by atoms with Crippen LogP contribution in [0.25, 0.3) is 0 Å². The van der Waals surface area contributed by atoms with Gasteiger partial charge < -0.3 is 5.32 Å². The molecule has 1 amide bonds. The van der Waals surface area contributed by atoms with Crippen LogP contribution in [0.2, 0.25) is 0 Å². The predicted molar refractivity (Wildman–Crippen MR) is 112 cm³/mol. The Morgan fingerprint density at radius 1 is 1.07 bits per heavy atom. The van der Waals surface area contributed by atoms with E-state index in [4.69, 9.17) is 0 Å². The number of nitrogens with zero attached hydrogens (tertiary/aromatic N) is 2. The second-order valence-corrected chi connectivity index (χ2v) is 8.55. The van der Waals surface area contributed by atoms with E-state index in [1.165, 1.54) is 34.6 Å². The third-order valence-corrected chi connectivity index (χ3v) is 6.27. The number of aryl methyl sites for hydroxylation is 1. The van der Waals surface area contributed by atoms with Crippen molar-refractivity contribution in [3.05, 3.63) is 63.7 Å². The molecule has 0 aromatic heterocycles. The molecule has 0 saturated carbocycles. The van der Waals surface area contributed by atoms with Gasteiger partial charge >= 0.3 is 0 Å². The Bertz CT molecular complexity index is 982. The number of nitro benzene ring substituents is 1. The summed E-state index contributed by atoms with van der Waals surface area (Å²) >= 11 is 0. The summed E-state index contributed by atoms with van der Waals surface area (Å²) in [6, 6.07) is 10.3. The first-order valence-electron chi connectivity index (χ1n) is 9.37. The summed E-state index contributed by atoms with van der Waals surface area (Å²) < 4.78 is 27.0. The van der Waals surface area contributed by atoms with Crippen LogP contribution in [0.3, 0.4) is 0 Å². The molecule has 2 aromatic carbocycles. The number of anilines is 1. The van der Waals surface area contributed by atoms with Crippen molar-refractivity contribution in [3.63, 3.8) is 0 Å². The van der Waals surface area contributed by atoms with Gasteiger partial charge in [0.05, 0.1) is 9.82 Å². The third-order valence-electron chi connectivity index (χ3n) is 4.36.